The molecule has 0 radical (unpaired) electrons. The van der Waals surface area contributed by atoms with Gasteiger partial charge in [-0.1, -0.05) is 40.0 Å². The van der Waals surface area contributed by atoms with E-state index in [4.69, 9.17) is 9.47 Å². The minimum absolute atomic E-state index is 0.113. The molecule has 1 amide bonds. The van der Waals surface area contributed by atoms with Crippen molar-refractivity contribution in [1.82, 2.24) is 5.01 Å². The van der Waals surface area contributed by atoms with E-state index in [1.807, 2.05) is 20.8 Å². The van der Waals surface area contributed by atoms with Crippen molar-refractivity contribution in [2.24, 2.45) is 10.5 Å². The molecular formula is C19H32N2O5. The zero-order valence-corrected chi connectivity index (χ0v) is 16.7. The van der Waals surface area contributed by atoms with Gasteiger partial charge in [0, 0.05) is 5.41 Å². The van der Waals surface area contributed by atoms with Crippen molar-refractivity contribution in [3.8, 4) is 0 Å². The van der Waals surface area contributed by atoms with E-state index in [1.54, 1.807) is 13.8 Å². The van der Waals surface area contributed by atoms with Crippen molar-refractivity contribution in [2.75, 3.05) is 13.2 Å². The fourth-order valence-electron chi connectivity index (χ4n) is 2.89. The van der Waals surface area contributed by atoms with Gasteiger partial charge < -0.3 is 9.47 Å². The molecule has 0 unspecified atom stereocenters. The number of amides is 1. The topological polar surface area (TPSA) is 85.3 Å². The molecule has 1 saturated carbocycles. The van der Waals surface area contributed by atoms with Gasteiger partial charge in [-0.15, -0.1) is 0 Å². The van der Waals surface area contributed by atoms with Gasteiger partial charge in [0.1, 0.15) is 6.42 Å². The first-order chi connectivity index (χ1) is 12.2. The number of carbonyl (C=O) groups is 3. The standard InChI is InChI=1S/C19H32N2O5/c1-6-25-16(23)13-15(22)21(14-11-9-8-10-12-14)20-17(19(3,4)5)18(24)26-7-2/h14H,6-13H2,1-5H3. The number of rotatable bonds is 7. The Balaban J connectivity index is 3.16. The molecular weight excluding hydrogens is 336 g/mol. The monoisotopic (exact) mass is 368 g/mol. The van der Waals surface area contributed by atoms with Gasteiger partial charge in [0.05, 0.1) is 19.3 Å². The Morgan fingerprint density at radius 2 is 1.58 bits per heavy atom. The lowest BCUT2D eigenvalue weighted by molar-refractivity contribution is -0.149. The maximum Gasteiger partial charge on any atom is 0.355 e. The molecule has 0 bridgehead atoms. The first kappa shape index (κ1) is 22.1. The number of hydrogen-bond acceptors (Lipinski definition) is 6. The smallest absolute Gasteiger partial charge is 0.355 e. The molecule has 7 nitrogen and oxygen atoms in total. The number of hydrazone groups is 1. The number of esters is 2. The van der Waals surface area contributed by atoms with Gasteiger partial charge in [-0.05, 0) is 26.7 Å². The van der Waals surface area contributed by atoms with E-state index in [2.05, 4.69) is 5.10 Å². The van der Waals surface area contributed by atoms with Crippen molar-refractivity contribution in [1.29, 1.82) is 0 Å². The Morgan fingerprint density at radius 3 is 2.08 bits per heavy atom. The molecule has 0 spiro atoms. The molecule has 0 aromatic carbocycles. The molecule has 0 heterocycles. The van der Waals surface area contributed by atoms with Crippen LogP contribution in [0.15, 0.2) is 5.10 Å². The Bertz CT molecular complexity index is 531. The third-order valence-corrected chi connectivity index (χ3v) is 4.16. The first-order valence-corrected chi connectivity index (χ1v) is 9.44. The second kappa shape index (κ2) is 10.3. The summed E-state index contributed by atoms with van der Waals surface area (Å²) >= 11 is 0. The predicted octanol–water partition coefficient (Wildman–Crippen LogP) is 3.07. The molecule has 0 saturated heterocycles. The van der Waals surface area contributed by atoms with Crippen LogP contribution in [0.4, 0.5) is 0 Å². The zero-order chi connectivity index (χ0) is 19.7. The fraction of sp³-hybridized carbons (Fsp3) is 0.789. The van der Waals surface area contributed by atoms with E-state index in [9.17, 15) is 14.4 Å². The number of carbonyl (C=O) groups excluding carboxylic acids is 3. The van der Waals surface area contributed by atoms with Gasteiger partial charge in [-0.2, -0.15) is 5.10 Å². The molecule has 0 N–H and O–H groups in total. The van der Waals surface area contributed by atoms with Crippen LogP contribution in [0.3, 0.4) is 0 Å². The van der Waals surface area contributed by atoms with Crippen LogP contribution in [0.2, 0.25) is 0 Å². The Labute approximate surface area is 156 Å². The first-order valence-electron chi connectivity index (χ1n) is 9.44. The highest BCUT2D eigenvalue weighted by Gasteiger charge is 2.33. The van der Waals surface area contributed by atoms with Crippen LogP contribution in [-0.2, 0) is 23.9 Å². The largest absolute Gasteiger partial charge is 0.466 e. The summed E-state index contributed by atoms with van der Waals surface area (Å²) in [6, 6.07) is -0.113. The molecule has 1 aliphatic rings. The van der Waals surface area contributed by atoms with Gasteiger partial charge >= 0.3 is 11.9 Å². The van der Waals surface area contributed by atoms with Crippen LogP contribution in [0.5, 0.6) is 0 Å². The number of nitrogens with zero attached hydrogens (tertiary/aromatic N) is 2. The maximum absolute atomic E-state index is 12.7. The van der Waals surface area contributed by atoms with Crippen LogP contribution in [-0.4, -0.2) is 47.8 Å². The van der Waals surface area contributed by atoms with E-state index in [1.165, 1.54) is 5.01 Å². The molecule has 0 aliphatic heterocycles. The van der Waals surface area contributed by atoms with Crippen LogP contribution in [0.25, 0.3) is 0 Å². The van der Waals surface area contributed by atoms with Crippen molar-refractivity contribution >= 4 is 23.6 Å². The zero-order valence-electron chi connectivity index (χ0n) is 16.7. The van der Waals surface area contributed by atoms with E-state index in [0.29, 0.717) is 0 Å². The Hall–Kier alpha value is -1.92. The predicted molar refractivity (Wildman–Crippen MR) is 98.5 cm³/mol. The van der Waals surface area contributed by atoms with Crippen molar-refractivity contribution < 1.29 is 23.9 Å². The molecule has 26 heavy (non-hydrogen) atoms. The maximum atomic E-state index is 12.7. The SMILES string of the molecule is CCOC(=O)CC(=O)N(N=C(C(=O)OCC)C(C)(C)C)C1CCCCC1. The van der Waals surface area contributed by atoms with E-state index < -0.39 is 23.3 Å². The molecule has 7 heteroatoms. The minimum Gasteiger partial charge on any atom is -0.466 e. The Morgan fingerprint density at radius 1 is 1.00 bits per heavy atom. The molecule has 0 atom stereocenters. The van der Waals surface area contributed by atoms with Crippen molar-refractivity contribution in [3.63, 3.8) is 0 Å². The molecule has 0 aromatic rings. The second-order valence-corrected chi connectivity index (χ2v) is 7.43. The molecule has 148 valence electrons. The van der Waals surface area contributed by atoms with Crippen molar-refractivity contribution in [2.45, 2.75) is 79.2 Å². The number of hydrogen-bond donors (Lipinski definition) is 0. The van der Waals surface area contributed by atoms with Gasteiger partial charge in [0.2, 0.25) is 0 Å². The van der Waals surface area contributed by atoms with Gasteiger partial charge in [0.15, 0.2) is 5.71 Å². The lowest BCUT2D eigenvalue weighted by atomic mass is 9.90. The highest BCUT2D eigenvalue weighted by molar-refractivity contribution is 6.38. The summed E-state index contributed by atoms with van der Waals surface area (Å²) in [6.07, 6.45) is 4.33. The lowest BCUT2D eigenvalue weighted by Gasteiger charge is -2.32. The third kappa shape index (κ3) is 6.77. The highest BCUT2D eigenvalue weighted by atomic mass is 16.5. The van der Waals surface area contributed by atoms with E-state index >= 15 is 0 Å². The van der Waals surface area contributed by atoms with Crippen LogP contribution < -0.4 is 0 Å². The van der Waals surface area contributed by atoms with Crippen LogP contribution in [0, 0.1) is 5.41 Å². The molecule has 1 aliphatic carbocycles. The van der Waals surface area contributed by atoms with E-state index in [-0.39, 0.29) is 31.4 Å². The summed E-state index contributed by atoms with van der Waals surface area (Å²) in [5.74, 6) is -1.56. The normalized spacial score (nSPS) is 16.1. The summed E-state index contributed by atoms with van der Waals surface area (Å²) in [5.41, 5.74) is -0.411. The minimum atomic E-state index is -0.594. The summed E-state index contributed by atoms with van der Waals surface area (Å²) in [5, 5.41) is 5.75. The number of ether oxygens (including phenoxy) is 2. The average molecular weight is 368 g/mol. The molecule has 1 fully saturated rings. The van der Waals surface area contributed by atoms with Gasteiger partial charge in [-0.25, -0.2) is 9.80 Å². The lowest BCUT2D eigenvalue weighted by Crippen LogP contribution is -2.42. The molecule has 1 rings (SSSR count). The second-order valence-electron chi connectivity index (χ2n) is 7.43. The van der Waals surface area contributed by atoms with Gasteiger partial charge in [-0.3, -0.25) is 9.59 Å². The highest BCUT2D eigenvalue weighted by Crippen LogP contribution is 2.26. The third-order valence-electron chi connectivity index (χ3n) is 4.16. The van der Waals surface area contributed by atoms with E-state index in [0.717, 1.165) is 32.1 Å². The summed E-state index contributed by atoms with van der Waals surface area (Å²) in [4.78, 5) is 36.9. The fourth-order valence-corrected chi connectivity index (χ4v) is 2.89. The Kier molecular flexibility index (Phi) is 8.75. The summed E-state index contributed by atoms with van der Waals surface area (Å²) in [6.45, 7) is 9.40. The summed E-state index contributed by atoms with van der Waals surface area (Å²) in [7, 11) is 0. The molecule has 0 aromatic heterocycles. The van der Waals surface area contributed by atoms with Crippen molar-refractivity contribution in [3.05, 3.63) is 0 Å². The average Bonchev–Trinajstić information content (AvgIpc) is 2.55. The quantitative estimate of drug-likeness (QED) is 0.298. The van der Waals surface area contributed by atoms with Crippen LogP contribution in [0.1, 0.15) is 73.1 Å². The van der Waals surface area contributed by atoms with Gasteiger partial charge in [0.25, 0.3) is 5.91 Å². The van der Waals surface area contributed by atoms with Crippen LogP contribution >= 0.6 is 0 Å². The summed E-state index contributed by atoms with van der Waals surface area (Å²) < 4.78 is 10.0.